The molecule has 0 aliphatic carbocycles. The number of amides is 1. The van der Waals surface area contributed by atoms with E-state index in [1.807, 2.05) is 18.2 Å². The second kappa shape index (κ2) is 11.5. The van der Waals surface area contributed by atoms with Crippen molar-refractivity contribution >= 4 is 95.0 Å². The largest absolute Gasteiger partial charge is 0.491 e. The molecule has 2 rings (SSSR count). The van der Waals surface area contributed by atoms with Gasteiger partial charge in [0, 0.05) is 10.2 Å². The number of carbonyl (C=O) groups is 1. The predicted molar refractivity (Wildman–Crippen MR) is 125 cm³/mol. The highest BCUT2D eigenvalue weighted by Crippen LogP contribution is 2.28. The van der Waals surface area contributed by atoms with Gasteiger partial charge < -0.3 is 15.4 Å². The summed E-state index contributed by atoms with van der Waals surface area (Å²) in [6.07, 6.45) is 0. The summed E-state index contributed by atoms with van der Waals surface area (Å²) in [4.78, 5) is 12.0. The number of ether oxygens (including phenoxy) is 1. The second-order valence-electron chi connectivity index (χ2n) is 5.10. The molecule has 1 amide bonds. The number of hydrogen-bond donors (Lipinski definition) is 2. The normalized spacial score (nSPS) is 10.4. The topological polar surface area (TPSA) is 50.4 Å². The van der Waals surface area contributed by atoms with Gasteiger partial charge in [-0.15, -0.1) is 0 Å². The van der Waals surface area contributed by atoms with E-state index < -0.39 is 0 Å². The molecule has 0 aliphatic heterocycles. The van der Waals surface area contributed by atoms with E-state index in [4.69, 9.17) is 40.2 Å². The highest BCUT2D eigenvalue weighted by Gasteiger charge is 2.07. The van der Waals surface area contributed by atoms with Crippen molar-refractivity contribution in [3.8, 4) is 5.75 Å². The van der Waals surface area contributed by atoms with Gasteiger partial charge in [0.05, 0.1) is 26.8 Å². The number of benzene rings is 2. The zero-order valence-corrected chi connectivity index (χ0v) is 20.0. The van der Waals surface area contributed by atoms with Crippen LogP contribution in [0, 0.1) is 0 Å². The molecule has 0 heterocycles. The lowest BCUT2D eigenvalue weighted by molar-refractivity contribution is -0.113. The number of nitrogens with one attached hydrogen (secondary N) is 2. The van der Waals surface area contributed by atoms with Crippen molar-refractivity contribution < 1.29 is 9.53 Å². The number of hydrogen-bond acceptors (Lipinski definition) is 4. The van der Waals surface area contributed by atoms with E-state index in [1.54, 1.807) is 18.2 Å². The van der Waals surface area contributed by atoms with Gasteiger partial charge in [-0.1, -0.05) is 63.1 Å². The third kappa shape index (κ3) is 8.17. The Labute approximate surface area is 194 Å². The summed E-state index contributed by atoms with van der Waals surface area (Å²) < 4.78 is 8.02. The van der Waals surface area contributed by atoms with E-state index in [9.17, 15) is 4.79 Å². The molecule has 2 N–H and O–H groups in total. The average Bonchev–Trinajstić information content (AvgIpc) is 2.63. The third-order valence-electron chi connectivity index (χ3n) is 3.06. The number of thiocarbonyl (C=S) groups is 1. The summed E-state index contributed by atoms with van der Waals surface area (Å²) in [6.45, 7) is 0.963. The lowest BCUT2D eigenvalue weighted by Crippen LogP contribution is -2.26. The molecular formula is C17H14Br2Cl2N2O2S2. The molecule has 0 saturated heterocycles. The molecule has 27 heavy (non-hydrogen) atoms. The molecule has 0 saturated carbocycles. The average molecular weight is 573 g/mol. The van der Waals surface area contributed by atoms with Gasteiger partial charge >= 0.3 is 0 Å². The van der Waals surface area contributed by atoms with Gasteiger partial charge in [0.2, 0.25) is 5.91 Å². The SMILES string of the molecule is O=C(CSC(=S)NCCOc1cc(Br)ccc1Br)Nc1ccc(Cl)c(Cl)c1. The lowest BCUT2D eigenvalue weighted by Gasteiger charge is -2.11. The van der Waals surface area contributed by atoms with E-state index in [0.29, 0.717) is 33.2 Å². The Bertz CT molecular complexity index is 841. The van der Waals surface area contributed by atoms with E-state index in [0.717, 1.165) is 14.7 Å². The molecule has 144 valence electrons. The molecule has 10 heteroatoms. The van der Waals surface area contributed by atoms with Crippen molar-refractivity contribution in [1.82, 2.24) is 5.32 Å². The van der Waals surface area contributed by atoms with Crippen molar-refractivity contribution in [2.75, 3.05) is 24.2 Å². The summed E-state index contributed by atoms with van der Waals surface area (Å²) in [5, 5.41) is 6.61. The van der Waals surface area contributed by atoms with E-state index in [1.165, 1.54) is 11.8 Å². The summed E-state index contributed by atoms with van der Waals surface area (Å²) in [5.74, 6) is 0.743. The van der Waals surface area contributed by atoms with Crippen LogP contribution >= 0.6 is 79.0 Å². The molecule has 4 nitrogen and oxygen atoms in total. The fraction of sp³-hybridized carbons (Fsp3) is 0.176. The Kier molecular flexibility index (Phi) is 9.69. The molecule has 2 aromatic carbocycles. The van der Waals surface area contributed by atoms with E-state index in [2.05, 4.69) is 42.5 Å². The smallest absolute Gasteiger partial charge is 0.234 e. The number of rotatable bonds is 7. The van der Waals surface area contributed by atoms with Crippen LogP contribution in [0.25, 0.3) is 0 Å². The fourth-order valence-corrected chi connectivity index (χ4v) is 3.67. The molecule has 0 radical (unpaired) electrons. The maximum absolute atomic E-state index is 12.0. The summed E-state index contributed by atoms with van der Waals surface area (Å²) >= 11 is 25.1. The first-order valence-electron chi connectivity index (χ1n) is 7.58. The fourth-order valence-electron chi connectivity index (χ4n) is 1.85. The maximum Gasteiger partial charge on any atom is 0.234 e. The minimum atomic E-state index is -0.183. The second-order valence-corrected chi connectivity index (χ2v) is 9.34. The van der Waals surface area contributed by atoms with Gasteiger partial charge in [-0.05, 0) is 52.3 Å². The molecule has 0 atom stereocenters. The van der Waals surface area contributed by atoms with Gasteiger partial charge in [0.25, 0.3) is 0 Å². The van der Waals surface area contributed by atoms with E-state index >= 15 is 0 Å². The van der Waals surface area contributed by atoms with Crippen LogP contribution in [-0.2, 0) is 4.79 Å². The molecule has 0 spiro atoms. The van der Waals surface area contributed by atoms with Gasteiger partial charge in [-0.3, -0.25) is 4.79 Å². The lowest BCUT2D eigenvalue weighted by atomic mass is 10.3. The number of carbonyl (C=O) groups excluding carboxylic acids is 1. The number of halogens is 4. The Balaban J connectivity index is 1.66. The summed E-state index contributed by atoms with van der Waals surface area (Å²) in [7, 11) is 0. The standard InChI is InChI=1S/C17H14Br2Cl2N2O2S2/c18-10-1-3-12(19)15(7-10)25-6-5-22-17(26)27-9-16(24)23-11-2-4-13(20)14(21)8-11/h1-4,7-8H,5-6,9H2,(H,22,26)(H,23,24). The van der Waals surface area contributed by atoms with Crippen LogP contribution in [0.1, 0.15) is 0 Å². The molecule has 0 aromatic heterocycles. The molecular weight excluding hydrogens is 559 g/mol. The van der Waals surface area contributed by atoms with Crippen LogP contribution in [0.15, 0.2) is 45.3 Å². The Morgan fingerprint density at radius 2 is 1.93 bits per heavy atom. The highest BCUT2D eigenvalue weighted by molar-refractivity contribution is 9.11. The first kappa shape index (κ1) is 22.8. The van der Waals surface area contributed by atoms with Gasteiger partial charge in [0.15, 0.2) is 0 Å². The van der Waals surface area contributed by atoms with Crippen LogP contribution in [0.5, 0.6) is 5.75 Å². The molecule has 0 aliphatic rings. The van der Waals surface area contributed by atoms with Crippen LogP contribution in [0.2, 0.25) is 10.0 Å². The molecule has 0 unspecified atom stereocenters. The number of thioether (sulfide) groups is 1. The highest BCUT2D eigenvalue weighted by atomic mass is 79.9. The zero-order valence-electron chi connectivity index (χ0n) is 13.7. The van der Waals surface area contributed by atoms with Crippen molar-refractivity contribution in [3.63, 3.8) is 0 Å². The Hall–Kier alpha value is -0.510. The van der Waals surface area contributed by atoms with Gasteiger partial charge in [0.1, 0.15) is 16.7 Å². The van der Waals surface area contributed by atoms with Crippen LogP contribution in [0.3, 0.4) is 0 Å². The third-order valence-corrected chi connectivity index (χ3v) is 6.26. The zero-order chi connectivity index (χ0) is 19.8. The van der Waals surface area contributed by atoms with Gasteiger partial charge in [-0.2, -0.15) is 0 Å². The molecule has 0 fully saturated rings. The number of anilines is 1. The monoisotopic (exact) mass is 570 g/mol. The molecule has 2 aromatic rings. The minimum Gasteiger partial charge on any atom is -0.491 e. The molecule has 0 bridgehead atoms. The first-order valence-corrected chi connectivity index (χ1v) is 11.3. The quantitative estimate of drug-likeness (QED) is 0.308. The van der Waals surface area contributed by atoms with Crippen LogP contribution in [0.4, 0.5) is 5.69 Å². The van der Waals surface area contributed by atoms with Crippen LogP contribution < -0.4 is 15.4 Å². The van der Waals surface area contributed by atoms with Crippen molar-refractivity contribution in [2.24, 2.45) is 0 Å². The predicted octanol–water partition coefficient (Wildman–Crippen LogP) is 6.14. The minimum absolute atomic E-state index is 0.183. The summed E-state index contributed by atoms with van der Waals surface area (Å²) in [5.41, 5.74) is 0.585. The Morgan fingerprint density at radius 1 is 1.15 bits per heavy atom. The van der Waals surface area contributed by atoms with Crippen molar-refractivity contribution in [1.29, 1.82) is 0 Å². The van der Waals surface area contributed by atoms with E-state index in [-0.39, 0.29) is 11.7 Å². The van der Waals surface area contributed by atoms with Crippen molar-refractivity contribution in [3.05, 3.63) is 55.4 Å². The Morgan fingerprint density at radius 3 is 2.67 bits per heavy atom. The van der Waals surface area contributed by atoms with Gasteiger partial charge in [-0.25, -0.2) is 0 Å². The van der Waals surface area contributed by atoms with Crippen LogP contribution in [-0.4, -0.2) is 29.1 Å². The summed E-state index contributed by atoms with van der Waals surface area (Å²) in [6, 6.07) is 10.6. The first-order chi connectivity index (χ1) is 12.8. The van der Waals surface area contributed by atoms with Crippen molar-refractivity contribution in [2.45, 2.75) is 0 Å². The maximum atomic E-state index is 12.0.